The second kappa shape index (κ2) is 7.64. The van der Waals surface area contributed by atoms with Gasteiger partial charge in [0.25, 0.3) is 5.91 Å². The molecule has 0 atom stereocenters. The van der Waals surface area contributed by atoms with E-state index in [0.717, 1.165) is 29.2 Å². The zero-order valence-corrected chi connectivity index (χ0v) is 14.9. The van der Waals surface area contributed by atoms with Crippen LogP contribution in [0.5, 0.6) is 0 Å². The molecule has 1 N–H and O–H groups in total. The van der Waals surface area contributed by atoms with Crippen LogP contribution in [0.15, 0.2) is 48.8 Å². The third-order valence-corrected chi connectivity index (χ3v) is 4.93. The summed E-state index contributed by atoms with van der Waals surface area (Å²) in [6.45, 7) is 2.56. The molecular formula is C18H18ClN3OS. The van der Waals surface area contributed by atoms with Crippen LogP contribution in [0.2, 0.25) is 5.02 Å². The molecule has 124 valence electrons. The van der Waals surface area contributed by atoms with E-state index in [9.17, 15) is 4.79 Å². The molecule has 3 rings (SSSR count). The van der Waals surface area contributed by atoms with E-state index in [1.165, 1.54) is 11.3 Å². The van der Waals surface area contributed by atoms with Crippen LogP contribution in [0.25, 0.3) is 5.13 Å². The Bertz CT molecular complexity index is 809. The average Bonchev–Trinajstić information content (AvgIpc) is 3.24. The topological polar surface area (TPSA) is 46.9 Å². The summed E-state index contributed by atoms with van der Waals surface area (Å²) in [6, 6.07) is 11.4. The molecule has 0 bridgehead atoms. The van der Waals surface area contributed by atoms with Crippen LogP contribution in [-0.4, -0.2) is 15.5 Å². The molecule has 0 aliphatic rings. The summed E-state index contributed by atoms with van der Waals surface area (Å²) < 4.78 is 1.93. The minimum Gasteiger partial charge on any atom is -0.347 e. The number of halogens is 1. The summed E-state index contributed by atoms with van der Waals surface area (Å²) >= 11 is 7.30. The molecule has 24 heavy (non-hydrogen) atoms. The van der Waals surface area contributed by atoms with E-state index in [1.54, 1.807) is 0 Å². The Morgan fingerprint density at radius 1 is 1.25 bits per heavy atom. The molecule has 0 spiro atoms. The minimum atomic E-state index is -0.0793. The van der Waals surface area contributed by atoms with Crippen LogP contribution in [-0.2, 0) is 13.0 Å². The Kier molecular flexibility index (Phi) is 5.33. The molecule has 0 saturated heterocycles. The Hall–Kier alpha value is -2.11. The summed E-state index contributed by atoms with van der Waals surface area (Å²) in [5, 5.41) is 4.48. The van der Waals surface area contributed by atoms with Gasteiger partial charge in [0.1, 0.15) is 4.88 Å². The molecule has 0 aliphatic carbocycles. The fourth-order valence-electron chi connectivity index (χ4n) is 2.36. The van der Waals surface area contributed by atoms with Gasteiger partial charge in [-0.15, -0.1) is 0 Å². The number of rotatable bonds is 6. The summed E-state index contributed by atoms with van der Waals surface area (Å²) in [7, 11) is 0. The van der Waals surface area contributed by atoms with Crippen LogP contribution < -0.4 is 5.32 Å². The zero-order valence-electron chi connectivity index (χ0n) is 13.3. The first-order chi connectivity index (χ1) is 11.7. The first kappa shape index (κ1) is 16.7. The maximum absolute atomic E-state index is 12.6. The summed E-state index contributed by atoms with van der Waals surface area (Å²) in [4.78, 5) is 17.9. The van der Waals surface area contributed by atoms with Crippen molar-refractivity contribution in [3.05, 3.63) is 69.9 Å². The predicted octanol–water partition coefficient (Wildman–Crippen LogP) is 4.47. The summed E-state index contributed by atoms with van der Waals surface area (Å²) in [6.07, 6.45) is 5.61. The molecule has 3 aromatic rings. The van der Waals surface area contributed by atoms with Crippen molar-refractivity contribution in [2.45, 2.75) is 26.3 Å². The minimum absolute atomic E-state index is 0.0793. The van der Waals surface area contributed by atoms with Crippen molar-refractivity contribution in [3.63, 3.8) is 0 Å². The van der Waals surface area contributed by atoms with Crippen molar-refractivity contribution >= 4 is 28.8 Å². The molecular weight excluding hydrogens is 342 g/mol. The molecule has 2 heterocycles. The molecule has 0 fully saturated rings. The fraction of sp³-hybridized carbons (Fsp3) is 0.222. The molecule has 0 radical (unpaired) electrons. The zero-order chi connectivity index (χ0) is 16.9. The van der Waals surface area contributed by atoms with E-state index in [-0.39, 0.29) is 5.91 Å². The highest BCUT2D eigenvalue weighted by Crippen LogP contribution is 2.23. The summed E-state index contributed by atoms with van der Waals surface area (Å²) in [5.41, 5.74) is 1.87. The van der Waals surface area contributed by atoms with E-state index < -0.39 is 0 Å². The maximum atomic E-state index is 12.6. The van der Waals surface area contributed by atoms with E-state index in [2.05, 4.69) is 17.2 Å². The number of amides is 1. The lowest BCUT2D eigenvalue weighted by molar-refractivity contribution is 0.0954. The number of carbonyl (C=O) groups excluding carboxylic acids is 1. The predicted molar refractivity (Wildman–Crippen MR) is 98.1 cm³/mol. The van der Waals surface area contributed by atoms with Gasteiger partial charge in [-0.1, -0.05) is 48.4 Å². The van der Waals surface area contributed by atoms with E-state index in [1.807, 2.05) is 53.4 Å². The van der Waals surface area contributed by atoms with Gasteiger partial charge in [0.2, 0.25) is 0 Å². The standard InChI is InChI=1S/C18H18ClN3OS/c1-2-5-15-16(24-18(21-15)22-10-3-4-11-22)17(23)20-12-13-6-8-14(19)9-7-13/h3-4,6-11H,2,5,12H2,1H3,(H,20,23). The smallest absolute Gasteiger partial charge is 0.263 e. The van der Waals surface area contributed by atoms with Crippen molar-refractivity contribution in [2.24, 2.45) is 0 Å². The third-order valence-electron chi connectivity index (χ3n) is 3.57. The van der Waals surface area contributed by atoms with Crippen LogP contribution in [0.4, 0.5) is 0 Å². The van der Waals surface area contributed by atoms with Crippen molar-refractivity contribution in [1.82, 2.24) is 14.9 Å². The fourth-order valence-corrected chi connectivity index (χ4v) is 3.48. The van der Waals surface area contributed by atoms with Crippen molar-refractivity contribution in [1.29, 1.82) is 0 Å². The molecule has 1 amide bonds. The van der Waals surface area contributed by atoms with Crippen molar-refractivity contribution < 1.29 is 4.79 Å². The molecule has 1 aromatic carbocycles. The lowest BCUT2D eigenvalue weighted by Crippen LogP contribution is -2.22. The normalized spacial score (nSPS) is 10.8. The lowest BCUT2D eigenvalue weighted by atomic mass is 10.2. The van der Waals surface area contributed by atoms with Crippen LogP contribution in [0.1, 0.15) is 34.3 Å². The number of hydrogen-bond donors (Lipinski definition) is 1. The van der Waals surface area contributed by atoms with E-state index in [0.29, 0.717) is 16.4 Å². The quantitative estimate of drug-likeness (QED) is 0.705. The van der Waals surface area contributed by atoms with Crippen LogP contribution in [0.3, 0.4) is 0 Å². The van der Waals surface area contributed by atoms with Crippen molar-refractivity contribution in [2.75, 3.05) is 0 Å². The van der Waals surface area contributed by atoms with Gasteiger partial charge in [-0.3, -0.25) is 4.79 Å². The Morgan fingerprint density at radius 2 is 1.96 bits per heavy atom. The highest BCUT2D eigenvalue weighted by molar-refractivity contribution is 7.16. The second-order valence-electron chi connectivity index (χ2n) is 5.42. The lowest BCUT2D eigenvalue weighted by Gasteiger charge is -2.05. The number of aryl methyl sites for hydroxylation is 1. The van der Waals surface area contributed by atoms with Gasteiger partial charge in [-0.25, -0.2) is 4.98 Å². The first-order valence-corrected chi connectivity index (χ1v) is 9.02. The van der Waals surface area contributed by atoms with Gasteiger partial charge in [0, 0.05) is 24.0 Å². The van der Waals surface area contributed by atoms with Gasteiger partial charge in [-0.05, 0) is 36.2 Å². The van der Waals surface area contributed by atoms with E-state index >= 15 is 0 Å². The number of aromatic nitrogens is 2. The number of nitrogens with zero attached hydrogens (tertiary/aromatic N) is 2. The molecule has 0 aliphatic heterocycles. The first-order valence-electron chi connectivity index (χ1n) is 7.83. The molecule has 6 heteroatoms. The van der Waals surface area contributed by atoms with Gasteiger partial charge >= 0.3 is 0 Å². The molecule has 0 unspecified atom stereocenters. The van der Waals surface area contributed by atoms with Gasteiger partial charge < -0.3 is 9.88 Å². The maximum Gasteiger partial charge on any atom is 0.263 e. The Morgan fingerprint density at radius 3 is 2.62 bits per heavy atom. The Labute approximate surface area is 150 Å². The number of thiazole rings is 1. The highest BCUT2D eigenvalue weighted by Gasteiger charge is 2.18. The largest absolute Gasteiger partial charge is 0.347 e. The SMILES string of the molecule is CCCc1nc(-n2cccc2)sc1C(=O)NCc1ccc(Cl)cc1. The number of hydrogen-bond acceptors (Lipinski definition) is 3. The monoisotopic (exact) mass is 359 g/mol. The van der Waals surface area contributed by atoms with Gasteiger partial charge in [-0.2, -0.15) is 0 Å². The second-order valence-corrected chi connectivity index (χ2v) is 6.84. The van der Waals surface area contributed by atoms with E-state index in [4.69, 9.17) is 11.6 Å². The molecule has 4 nitrogen and oxygen atoms in total. The summed E-state index contributed by atoms with van der Waals surface area (Å²) in [5.74, 6) is -0.0793. The highest BCUT2D eigenvalue weighted by atomic mass is 35.5. The Balaban J connectivity index is 1.76. The molecule has 0 saturated carbocycles. The molecule has 2 aromatic heterocycles. The third kappa shape index (κ3) is 3.86. The average molecular weight is 360 g/mol. The number of carbonyl (C=O) groups is 1. The van der Waals surface area contributed by atoms with Crippen LogP contribution in [0, 0.1) is 0 Å². The van der Waals surface area contributed by atoms with Crippen LogP contribution >= 0.6 is 22.9 Å². The van der Waals surface area contributed by atoms with Crippen molar-refractivity contribution in [3.8, 4) is 5.13 Å². The van der Waals surface area contributed by atoms with Gasteiger partial charge in [0.05, 0.1) is 5.69 Å². The number of nitrogens with one attached hydrogen (secondary N) is 1. The van der Waals surface area contributed by atoms with Gasteiger partial charge in [0.15, 0.2) is 5.13 Å². The number of benzene rings is 1.